The molecular weight excluding hydrogens is 576 g/mol. The summed E-state index contributed by atoms with van der Waals surface area (Å²) in [4.78, 5) is 62.9. The van der Waals surface area contributed by atoms with Crippen LogP contribution in [0.15, 0.2) is 48.5 Å². The second kappa shape index (κ2) is 9.75. The third-order valence-corrected chi connectivity index (χ3v) is 8.72. The number of halogens is 2. The quantitative estimate of drug-likeness (QED) is 0.123. The molecule has 1 aliphatic heterocycles. The molecular formula is C23H18Br2N2O7. The SMILES string of the molecule is O=C(COC(=O)c1ccccc1N1C(=O)[C@H]2C[C@@H](Br)[C@@H](Br)C[C@H]2C1=O)c1cccc([N+](=O)[O-])c1. The van der Waals surface area contributed by atoms with Crippen molar-refractivity contribution in [2.75, 3.05) is 11.5 Å². The Morgan fingerprint density at radius 1 is 1.00 bits per heavy atom. The van der Waals surface area contributed by atoms with E-state index in [2.05, 4.69) is 31.9 Å². The smallest absolute Gasteiger partial charge is 0.340 e. The van der Waals surface area contributed by atoms with Gasteiger partial charge in [0.1, 0.15) is 0 Å². The molecule has 2 aliphatic rings. The number of non-ortho nitro benzene ring substituents is 1. The van der Waals surface area contributed by atoms with E-state index < -0.39 is 35.1 Å². The number of hydrogen-bond acceptors (Lipinski definition) is 7. The number of alkyl halides is 2. The van der Waals surface area contributed by atoms with Crippen LogP contribution in [-0.4, -0.2) is 44.8 Å². The lowest BCUT2D eigenvalue weighted by Gasteiger charge is -2.29. The van der Waals surface area contributed by atoms with E-state index in [9.17, 15) is 29.3 Å². The zero-order valence-electron chi connectivity index (χ0n) is 17.6. The number of esters is 1. The number of para-hydroxylation sites is 1. The first-order chi connectivity index (χ1) is 16.2. The van der Waals surface area contributed by atoms with Gasteiger partial charge in [0.2, 0.25) is 17.6 Å². The van der Waals surface area contributed by atoms with Gasteiger partial charge in [-0.1, -0.05) is 56.1 Å². The van der Waals surface area contributed by atoms with Gasteiger partial charge in [-0.25, -0.2) is 9.69 Å². The van der Waals surface area contributed by atoms with Crippen molar-refractivity contribution in [3.63, 3.8) is 0 Å². The highest BCUT2D eigenvalue weighted by Crippen LogP contribution is 2.44. The largest absolute Gasteiger partial charge is 0.454 e. The summed E-state index contributed by atoms with van der Waals surface area (Å²) in [5, 5.41) is 10.9. The summed E-state index contributed by atoms with van der Waals surface area (Å²) in [5.41, 5.74) is -0.151. The summed E-state index contributed by atoms with van der Waals surface area (Å²) in [7, 11) is 0. The van der Waals surface area contributed by atoms with Crippen molar-refractivity contribution in [1.29, 1.82) is 0 Å². The molecule has 2 amide bonds. The van der Waals surface area contributed by atoms with E-state index in [4.69, 9.17) is 4.74 Å². The van der Waals surface area contributed by atoms with E-state index in [1.165, 1.54) is 30.3 Å². The normalized spacial score (nSPS) is 24.0. The lowest BCUT2D eigenvalue weighted by atomic mass is 9.81. The number of hydrogen-bond donors (Lipinski definition) is 0. The average Bonchev–Trinajstić information content (AvgIpc) is 3.06. The molecule has 1 saturated carbocycles. The third-order valence-electron chi connectivity index (χ3n) is 5.99. The first-order valence-corrected chi connectivity index (χ1v) is 12.2. The first kappa shape index (κ1) is 24.2. The van der Waals surface area contributed by atoms with Crippen LogP contribution < -0.4 is 4.90 Å². The average molecular weight is 594 g/mol. The molecule has 1 aliphatic carbocycles. The Morgan fingerprint density at radius 2 is 1.62 bits per heavy atom. The molecule has 9 nitrogen and oxygen atoms in total. The highest BCUT2D eigenvalue weighted by Gasteiger charge is 2.52. The van der Waals surface area contributed by atoms with Gasteiger partial charge in [0.25, 0.3) is 5.69 Å². The van der Waals surface area contributed by atoms with Gasteiger partial charge < -0.3 is 4.74 Å². The van der Waals surface area contributed by atoms with Crippen molar-refractivity contribution in [1.82, 2.24) is 0 Å². The molecule has 0 radical (unpaired) electrons. The molecule has 176 valence electrons. The van der Waals surface area contributed by atoms with E-state index in [0.29, 0.717) is 12.8 Å². The molecule has 1 heterocycles. The molecule has 0 N–H and O–H groups in total. The number of carbonyl (C=O) groups is 4. The minimum atomic E-state index is -0.887. The van der Waals surface area contributed by atoms with Crippen LogP contribution in [0.3, 0.4) is 0 Å². The molecule has 0 bridgehead atoms. The van der Waals surface area contributed by atoms with Crippen molar-refractivity contribution >= 4 is 66.8 Å². The molecule has 2 fully saturated rings. The van der Waals surface area contributed by atoms with Crippen molar-refractivity contribution in [3.8, 4) is 0 Å². The molecule has 2 aromatic rings. The van der Waals surface area contributed by atoms with Gasteiger partial charge in [0.05, 0.1) is 28.0 Å². The van der Waals surface area contributed by atoms with E-state index in [0.717, 1.165) is 11.0 Å². The van der Waals surface area contributed by atoms with E-state index >= 15 is 0 Å². The van der Waals surface area contributed by atoms with Crippen molar-refractivity contribution in [2.45, 2.75) is 22.5 Å². The Kier molecular flexibility index (Phi) is 6.94. The van der Waals surface area contributed by atoms with Gasteiger partial charge in [-0.15, -0.1) is 0 Å². The van der Waals surface area contributed by atoms with Crippen LogP contribution in [0, 0.1) is 22.0 Å². The fourth-order valence-corrected chi connectivity index (χ4v) is 5.50. The van der Waals surface area contributed by atoms with Gasteiger partial charge in [0.15, 0.2) is 6.61 Å². The van der Waals surface area contributed by atoms with Gasteiger partial charge >= 0.3 is 5.97 Å². The number of nitro benzene ring substituents is 1. The van der Waals surface area contributed by atoms with Crippen LogP contribution in [0.5, 0.6) is 0 Å². The van der Waals surface area contributed by atoms with E-state index in [1.54, 1.807) is 12.1 Å². The van der Waals surface area contributed by atoms with Crippen LogP contribution >= 0.6 is 31.9 Å². The minimum absolute atomic E-state index is 0.0258. The van der Waals surface area contributed by atoms with Crippen molar-refractivity contribution in [2.24, 2.45) is 11.8 Å². The molecule has 4 atom stereocenters. The molecule has 11 heteroatoms. The van der Waals surface area contributed by atoms with Gasteiger partial charge in [0, 0.05) is 27.4 Å². The van der Waals surface area contributed by atoms with Crippen molar-refractivity contribution < 1.29 is 28.8 Å². The van der Waals surface area contributed by atoms with E-state index in [-0.39, 0.29) is 44.0 Å². The highest BCUT2D eigenvalue weighted by molar-refractivity contribution is 9.12. The molecule has 1 saturated heterocycles. The standard InChI is InChI=1S/C23H18Br2N2O7/c24-17-9-15-16(10-18(17)25)22(30)26(21(15)29)19-7-2-1-6-14(19)23(31)34-11-20(28)12-4-3-5-13(8-12)27(32)33/h1-8,15-18H,9-11H2/t15-,16+,17+,18-. The lowest BCUT2D eigenvalue weighted by Crippen LogP contribution is -2.34. The number of amides is 2. The lowest BCUT2D eigenvalue weighted by molar-refractivity contribution is -0.384. The second-order valence-corrected chi connectivity index (χ2v) is 10.4. The highest BCUT2D eigenvalue weighted by atomic mass is 79.9. The van der Waals surface area contributed by atoms with Crippen LogP contribution in [0.25, 0.3) is 0 Å². The number of Topliss-reactive ketones (excluding diaryl/α,β-unsaturated/α-hetero) is 1. The number of imide groups is 1. The number of rotatable bonds is 6. The Bertz CT molecular complexity index is 1170. The number of nitro groups is 1. The molecule has 34 heavy (non-hydrogen) atoms. The van der Waals surface area contributed by atoms with Gasteiger partial charge in [-0.2, -0.15) is 0 Å². The van der Waals surface area contributed by atoms with Crippen LogP contribution in [-0.2, 0) is 14.3 Å². The Hall–Kier alpha value is -2.92. The predicted octanol–water partition coefficient (Wildman–Crippen LogP) is 4.06. The summed E-state index contributed by atoms with van der Waals surface area (Å²) in [5.74, 6) is -3.21. The maximum atomic E-state index is 13.1. The number of fused-ring (bicyclic) bond motifs is 1. The number of nitrogens with zero attached hydrogens (tertiary/aromatic N) is 2. The molecule has 0 aromatic heterocycles. The summed E-state index contributed by atoms with van der Waals surface area (Å²) < 4.78 is 5.15. The minimum Gasteiger partial charge on any atom is -0.454 e. The number of carbonyl (C=O) groups excluding carboxylic acids is 4. The maximum Gasteiger partial charge on any atom is 0.340 e. The fraction of sp³-hybridized carbons (Fsp3) is 0.304. The van der Waals surface area contributed by atoms with Crippen LogP contribution in [0.2, 0.25) is 0 Å². The van der Waals surface area contributed by atoms with Crippen LogP contribution in [0.4, 0.5) is 11.4 Å². The summed E-state index contributed by atoms with van der Waals surface area (Å²) in [6.45, 7) is -0.655. The monoisotopic (exact) mass is 592 g/mol. The first-order valence-electron chi connectivity index (χ1n) is 10.4. The molecule has 0 spiro atoms. The Balaban J connectivity index is 1.52. The number of ketones is 1. The van der Waals surface area contributed by atoms with E-state index in [1.807, 2.05) is 0 Å². The number of ether oxygens (including phenoxy) is 1. The molecule has 0 unspecified atom stereocenters. The van der Waals surface area contributed by atoms with Crippen molar-refractivity contribution in [3.05, 3.63) is 69.8 Å². The third kappa shape index (κ3) is 4.54. The second-order valence-electron chi connectivity index (χ2n) is 8.05. The summed E-state index contributed by atoms with van der Waals surface area (Å²) in [6.07, 6.45) is 0.984. The Labute approximate surface area is 210 Å². The molecule has 4 rings (SSSR count). The maximum absolute atomic E-state index is 13.1. The van der Waals surface area contributed by atoms with Crippen LogP contribution in [0.1, 0.15) is 33.6 Å². The summed E-state index contributed by atoms with van der Waals surface area (Å²) in [6, 6.07) is 11.2. The summed E-state index contributed by atoms with van der Waals surface area (Å²) >= 11 is 7.09. The van der Waals surface area contributed by atoms with Gasteiger partial charge in [-0.05, 0) is 25.0 Å². The number of benzene rings is 2. The predicted molar refractivity (Wildman–Crippen MR) is 128 cm³/mol. The molecule has 2 aromatic carbocycles. The Morgan fingerprint density at radius 3 is 2.24 bits per heavy atom. The number of anilines is 1. The fourth-order valence-electron chi connectivity index (χ4n) is 4.26. The zero-order valence-corrected chi connectivity index (χ0v) is 20.7. The zero-order chi connectivity index (χ0) is 24.6. The van der Waals surface area contributed by atoms with Gasteiger partial charge in [-0.3, -0.25) is 24.5 Å². The topological polar surface area (TPSA) is 124 Å².